The number of hydrogen-bond acceptors (Lipinski definition) is 11. The molecule has 48 heavy (non-hydrogen) atoms. The number of H-pyrrole nitrogens is 1. The third-order valence-electron chi connectivity index (χ3n) is 7.29. The van der Waals surface area contributed by atoms with Gasteiger partial charge < -0.3 is 39.3 Å². The van der Waals surface area contributed by atoms with Gasteiger partial charge in [0, 0.05) is 24.4 Å². The van der Waals surface area contributed by atoms with Crippen LogP contribution in [0.15, 0.2) is 30.5 Å². The summed E-state index contributed by atoms with van der Waals surface area (Å²) in [7, 11) is 1.49. The van der Waals surface area contributed by atoms with Gasteiger partial charge in [-0.3, -0.25) is 4.79 Å². The smallest absolute Gasteiger partial charge is 0.427 e. The van der Waals surface area contributed by atoms with Crippen molar-refractivity contribution < 1.29 is 38.1 Å². The van der Waals surface area contributed by atoms with Gasteiger partial charge in [-0.2, -0.15) is 0 Å². The summed E-state index contributed by atoms with van der Waals surface area (Å²) in [4.78, 5) is 53.3. The number of anilines is 3. The van der Waals surface area contributed by atoms with Gasteiger partial charge in [-0.1, -0.05) is 17.7 Å². The number of halogens is 1. The molecule has 3 amide bonds. The summed E-state index contributed by atoms with van der Waals surface area (Å²) < 4.78 is 28.2. The number of methoxy groups -OCH3 is 1. The Balaban J connectivity index is 1.64. The van der Waals surface area contributed by atoms with Crippen LogP contribution in [0.5, 0.6) is 5.75 Å². The lowest BCUT2D eigenvalue weighted by molar-refractivity contribution is -0.0928. The van der Waals surface area contributed by atoms with Gasteiger partial charge >= 0.3 is 12.2 Å². The van der Waals surface area contributed by atoms with E-state index in [9.17, 15) is 14.4 Å². The highest BCUT2D eigenvalue weighted by molar-refractivity contribution is 6.32. The van der Waals surface area contributed by atoms with Gasteiger partial charge in [0.25, 0.3) is 5.91 Å². The van der Waals surface area contributed by atoms with Crippen molar-refractivity contribution in [2.24, 2.45) is 0 Å². The molecular weight excluding hydrogens is 644 g/mol. The van der Waals surface area contributed by atoms with Crippen LogP contribution in [0.1, 0.15) is 69.9 Å². The quantitative estimate of drug-likeness (QED) is 0.260. The molecule has 1 aromatic carbocycles. The van der Waals surface area contributed by atoms with Crippen molar-refractivity contribution in [1.29, 1.82) is 0 Å². The van der Waals surface area contributed by atoms with Gasteiger partial charge in [0.05, 0.1) is 66.4 Å². The largest absolute Gasteiger partial charge is 0.493 e. The number of imide groups is 1. The molecule has 15 heteroatoms. The molecule has 0 saturated carbocycles. The van der Waals surface area contributed by atoms with Crippen molar-refractivity contribution in [1.82, 2.24) is 20.3 Å². The van der Waals surface area contributed by atoms with Crippen LogP contribution in [0.4, 0.5) is 26.9 Å². The minimum absolute atomic E-state index is 0.162. The zero-order valence-electron chi connectivity index (χ0n) is 28.1. The highest BCUT2D eigenvalue weighted by Gasteiger charge is 2.37. The number of rotatable bonds is 7. The molecule has 1 fully saturated rings. The SMILES string of the molecule is COc1c(Cl)cccc1Nc1c(-c2ccnc(N(C(=O)OC(C)(C)C)C(=O)OC(C)(C)C)n2)[nH]c2c1C(=O)NCC2C[C@H]1COCCO1. The van der Waals surface area contributed by atoms with E-state index in [0.29, 0.717) is 76.8 Å². The summed E-state index contributed by atoms with van der Waals surface area (Å²) in [6.07, 6.45) is -0.225. The lowest BCUT2D eigenvalue weighted by atomic mass is 9.91. The summed E-state index contributed by atoms with van der Waals surface area (Å²) in [6, 6.07) is 6.79. The van der Waals surface area contributed by atoms with Gasteiger partial charge in [0.1, 0.15) is 11.2 Å². The maximum atomic E-state index is 13.6. The molecule has 1 unspecified atom stereocenters. The summed E-state index contributed by atoms with van der Waals surface area (Å²) >= 11 is 6.44. The molecule has 2 aromatic heterocycles. The van der Waals surface area contributed by atoms with E-state index in [1.165, 1.54) is 13.3 Å². The average Bonchev–Trinajstić information content (AvgIpc) is 3.38. The van der Waals surface area contributed by atoms with Crippen LogP contribution in [-0.4, -0.2) is 83.8 Å². The first-order chi connectivity index (χ1) is 22.6. The summed E-state index contributed by atoms with van der Waals surface area (Å²) in [5.41, 5.74) is 0.663. The molecule has 0 aliphatic carbocycles. The molecule has 0 radical (unpaired) electrons. The van der Waals surface area contributed by atoms with E-state index in [-0.39, 0.29) is 29.6 Å². The minimum atomic E-state index is -1.02. The molecule has 3 N–H and O–H groups in total. The van der Waals surface area contributed by atoms with Gasteiger partial charge in [-0.25, -0.2) is 19.6 Å². The molecule has 14 nitrogen and oxygen atoms in total. The van der Waals surface area contributed by atoms with Crippen molar-refractivity contribution in [2.75, 3.05) is 43.7 Å². The van der Waals surface area contributed by atoms with Crippen molar-refractivity contribution in [3.05, 3.63) is 46.7 Å². The number of amides is 3. The van der Waals surface area contributed by atoms with Gasteiger partial charge in [-0.05, 0) is 66.2 Å². The Bertz CT molecular complexity index is 1650. The van der Waals surface area contributed by atoms with Crippen LogP contribution in [0.25, 0.3) is 11.4 Å². The maximum Gasteiger partial charge on any atom is 0.427 e. The number of aromatic amines is 1. The summed E-state index contributed by atoms with van der Waals surface area (Å²) in [6.45, 7) is 11.9. The monoisotopic (exact) mass is 684 g/mol. The second-order valence-electron chi connectivity index (χ2n) is 13.4. The fourth-order valence-corrected chi connectivity index (χ4v) is 5.63. The minimum Gasteiger partial charge on any atom is -0.493 e. The number of ether oxygens (including phenoxy) is 5. The van der Waals surface area contributed by atoms with Gasteiger partial charge in [0.2, 0.25) is 5.95 Å². The van der Waals surface area contributed by atoms with Gasteiger partial charge in [0.15, 0.2) is 5.75 Å². The first-order valence-electron chi connectivity index (χ1n) is 15.6. The zero-order chi connectivity index (χ0) is 34.8. The molecule has 1 saturated heterocycles. The Kier molecular flexibility index (Phi) is 10.2. The van der Waals surface area contributed by atoms with E-state index in [4.69, 9.17) is 35.3 Å². The molecule has 2 aliphatic rings. The van der Waals surface area contributed by atoms with Crippen molar-refractivity contribution in [3.63, 3.8) is 0 Å². The lowest BCUT2D eigenvalue weighted by Crippen LogP contribution is -2.44. The van der Waals surface area contributed by atoms with Crippen molar-refractivity contribution in [2.45, 2.75) is 71.2 Å². The van der Waals surface area contributed by atoms with Crippen molar-refractivity contribution >= 4 is 47.0 Å². The van der Waals surface area contributed by atoms with Crippen LogP contribution in [0.3, 0.4) is 0 Å². The molecule has 0 spiro atoms. The Hall–Kier alpha value is -4.40. The first kappa shape index (κ1) is 34.9. The van der Waals surface area contributed by atoms with E-state index in [0.717, 1.165) is 0 Å². The summed E-state index contributed by atoms with van der Waals surface area (Å²) in [5, 5.41) is 6.69. The number of para-hydroxylation sites is 1. The Morgan fingerprint density at radius 1 is 1.08 bits per heavy atom. The van der Waals surface area contributed by atoms with Crippen molar-refractivity contribution in [3.8, 4) is 17.1 Å². The summed E-state index contributed by atoms with van der Waals surface area (Å²) in [5.74, 6) is -0.402. The Morgan fingerprint density at radius 3 is 2.42 bits per heavy atom. The number of benzene rings is 1. The second kappa shape index (κ2) is 14.0. The van der Waals surface area contributed by atoms with Crippen LogP contribution < -0.4 is 20.3 Å². The zero-order valence-corrected chi connectivity index (χ0v) is 28.8. The van der Waals surface area contributed by atoms with E-state index in [1.807, 2.05) is 0 Å². The highest BCUT2D eigenvalue weighted by atomic mass is 35.5. The average molecular weight is 685 g/mol. The Morgan fingerprint density at radius 2 is 1.79 bits per heavy atom. The predicted octanol–water partition coefficient (Wildman–Crippen LogP) is 6.19. The van der Waals surface area contributed by atoms with Crippen LogP contribution in [-0.2, 0) is 18.9 Å². The molecule has 4 heterocycles. The molecule has 2 aliphatic heterocycles. The number of carbonyl (C=O) groups is 3. The molecule has 0 bridgehead atoms. The molecular formula is C33H41ClN6O8. The normalized spacial score (nSPS) is 18.0. The van der Waals surface area contributed by atoms with Gasteiger partial charge in [-0.15, -0.1) is 4.90 Å². The van der Waals surface area contributed by atoms with E-state index in [2.05, 4.69) is 25.6 Å². The molecule has 2 atom stereocenters. The third-order valence-corrected chi connectivity index (χ3v) is 7.59. The number of hydrogen-bond donors (Lipinski definition) is 3. The van der Waals surface area contributed by atoms with Crippen LogP contribution in [0, 0.1) is 0 Å². The molecule has 3 aromatic rings. The lowest BCUT2D eigenvalue weighted by Gasteiger charge is -2.29. The number of nitrogens with zero attached hydrogens (tertiary/aromatic N) is 3. The van der Waals surface area contributed by atoms with Crippen LogP contribution >= 0.6 is 11.6 Å². The van der Waals surface area contributed by atoms with Crippen LogP contribution in [0.2, 0.25) is 5.02 Å². The fourth-order valence-electron chi connectivity index (χ4n) is 5.37. The highest BCUT2D eigenvalue weighted by Crippen LogP contribution is 2.43. The topological polar surface area (TPSA) is 166 Å². The molecule has 258 valence electrons. The maximum absolute atomic E-state index is 13.6. The number of aromatic nitrogens is 3. The fraction of sp³-hybridized carbons (Fsp3) is 0.485. The second-order valence-corrected chi connectivity index (χ2v) is 13.8. The van der Waals surface area contributed by atoms with E-state index >= 15 is 0 Å². The number of fused-ring (bicyclic) bond motifs is 1. The Labute approximate surface area is 283 Å². The third kappa shape index (κ3) is 8.00. The van der Waals surface area contributed by atoms with E-state index < -0.39 is 23.4 Å². The standard InChI is InChI=1S/C33H41ClN6O8/c1-32(2,3)47-30(42)40(31(43)48-33(4,5)6)29-35-12-11-21(38-29)25-26(37-22-10-8-9-20(34)27(22)44-7)23-24(39-25)18(16-36-28(23)41)15-19-17-45-13-14-46-19/h8-12,18-19,37,39H,13-17H2,1-7H3,(H,36,41)/t18?,19-/m0/s1. The molecule has 5 rings (SSSR count). The van der Waals surface area contributed by atoms with E-state index in [1.54, 1.807) is 65.8 Å². The number of nitrogens with one attached hydrogen (secondary N) is 3. The first-order valence-corrected chi connectivity index (χ1v) is 16.0. The number of carbonyl (C=O) groups excluding carboxylic acids is 3. The predicted molar refractivity (Wildman–Crippen MR) is 178 cm³/mol.